The van der Waals surface area contributed by atoms with Crippen LogP contribution in [0.5, 0.6) is 0 Å². The van der Waals surface area contributed by atoms with E-state index in [0.29, 0.717) is 23.9 Å². The number of likely N-dealkylation sites (tertiary alicyclic amines) is 1. The number of benzene rings is 1. The Morgan fingerprint density at radius 3 is 2.86 bits per heavy atom. The topological polar surface area (TPSA) is 49.4 Å². The molecule has 2 amide bonds. The second kappa shape index (κ2) is 6.69. The van der Waals surface area contributed by atoms with Crippen LogP contribution in [-0.4, -0.2) is 41.6 Å². The van der Waals surface area contributed by atoms with Crippen molar-refractivity contribution in [3.8, 4) is 0 Å². The van der Waals surface area contributed by atoms with Crippen LogP contribution in [0.4, 0.5) is 4.39 Å². The summed E-state index contributed by atoms with van der Waals surface area (Å²) >= 11 is 1.19. The molecule has 1 aliphatic carbocycles. The van der Waals surface area contributed by atoms with E-state index in [1.54, 1.807) is 18.2 Å². The van der Waals surface area contributed by atoms with Gasteiger partial charge in [0.2, 0.25) is 11.8 Å². The van der Waals surface area contributed by atoms with Crippen molar-refractivity contribution < 1.29 is 14.0 Å². The Bertz CT molecular complexity index is 577. The van der Waals surface area contributed by atoms with Crippen LogP contribution in [0.1, 0.15) is 19.3 Å². The van der Waals surface area contributed by atoms with Gasteiger partial charge in [-0.15, -0.1) is 11.8 Å². The zero-order chi connectivity index (χ0) is 15.5. The maximum Gasteiger partial charge on any atom is 0.230 e. The summed E-state index contributed by atoms with van der Waals surface area (Å²) in [4.78, 5) is 26.1. The standard InChI is InChI=1S/C16H19FN2O2S/c17-13-3-1-2-4-14(13)22-10-15(20)18-8-11-7-16(21)19(9-11)12-5-6-12/h1-4,11-12H,5-10H2,(H,18,20)/t11-/m1/s1. The van der Waals surface area contributed by atoms with Crippen LogP contribution in [-0.2, 0) is 9.59 Å². The third kappa shape index (κ3) is 3.80. The zero-order valence-corrected chi connectivity index (χ0v) is 13.1. The van der Waals surface area contributed by atoms with Gasteiger partial charge in [0.05, 0.1) is 5.75 Å². The van der Waals surface area contributed by atoms with E-state index in [1.807, 2.05) is 4.90 Å². The number of nitrogens with zero attached hydrogens (tertiary/aromatic N) is 1. The second-order valence-corrected chi connectivity index (χ2v) is 6.89. The Morgan fingerprint density at radius 1 is 1.36 bits per heavy atom. The fourth-order valence-electron chi connectivity index (χ4n) is 2.70. The third-order valence-electron chi connectivity index (χ3n) is 4.01. The minimum Gasteiger partial charge on any atom is -0.355 e. The summed E-state index contributed by atoms with van der Waals surface area (Å²) in [6.07, 6.45) is 2.76. The molecule has 6 heteroatoms. The second-order valence-electron chi connectivity index (χ2n) is 5.87. The average molecular weight is 322 g/mol. The summed E-state index contributed by atoms with van der Waals surface area (Å²) < 4.78 is 13.4. The number of amides is 2. The number of hydrogen-bond acceptors (Lipinski definition) is 3. The number of rotatable bonds is 6. The summed E-state index contributed by atoms with van der Waals surface area (Å²) in [5.74, 6) is 0.179. The van der Waals surface area contributed by atoms with Gasteiger partial charge in [0.25, 0.3) is 0 Å². The molecule has 1 heterocycles. The van der Waals surface area contributed by atoms with Crippen LogP contribution < -0.4 is 5.32 Å². The highest BCUT2D eigenvalue weighted by atomic mass is 32.2. The number of carbonyl (C=O) groups is 2. The van der Waals surface area contributed by atoms with Crippen molar-refractivity contribution in [1.82, 2.24) is 10.2 Å². The van der Waals surface area contributed by atoms with E-state index < -0.39 is 0 Å². The molecule has 4 nitrogen and oxygen atoms in total. The van der Waals surface area contributed by atoms with Crippen molar-refractivity contribution in [3.05, 3.63) is 30.1 Å². The Hall–Kier alpha value is -1.56. The van der Waals surface area contributed by atoms with E-state index in [4.69, 9.17) is 0 Å². The summed E-state index contributed by atoms with van der Waals surface area (Å²) in [5.41, 5.74) is 0. The fourth-order valence-corrected chi connectivity index (χ4v) is 3.47. The van der Waals surface area contributed by atoms with Crippen LogP contribution in [0.3, 0.4) is 0 Å². The molecule has 0 radical (unpaired) electrons. The van der Waals surface area contributed by atoms with E-state index in [1.165, 1.54) is 17.8 Å². The Balaban J connectivity index is 1.39. The molecule has 118 valence electrons. The van der Waals surface area contributed by atoms with Gasteiger partial charge in [-0.3, -0.25) is 9.59 Å². The molecule has 0 bridgehead atoms. The van der Waals surface area contributed by atoms with Crippen molar-refractivity contribution in [2.75, 3.05) is 18.8 Å². The van der Waals surface area contributed by atoms with Crippen LogP contribution in [0.15, 0.2) is 29.2 Å². The molecule has 1 atom stereocenters. The number of carbonyl (C=O) groups excluding carboxylic acids is 2. The van der Waals surface area contributed by atoms with Crippen molar-refractivity contribution in [1.29, 1.82) is 0 Å². The van der Waals surface area contributed by atoms with Gasteiger partial charge in [-0.05, 0) is 25.0 Å². The number of hydrogen-bond donors (Lipinski definition) is 1. The summed E-state index contributed by atoms with van der Waals surface area (Å²) in [6.45, 7) is 1.27. The van der Waals surface area contributed by atoms with Crippen LogP contribution >= 0.6 is 11.8 Å². The van der Waals surface area contributed by atoms with Crippen molar-refractivity contribution in [2.24, 2.45) is 5.92 Å². The molecule has 22 heavy (non-hydrogen) atoms. The highest BCUT2D eigenvalue weighted by Gasteiger charge is 2.39. The molecule has 1 aliphatic heterocycles. The minimum atomic E-state index is -0.304. The van der Waals surface area contributed by atoms with E-state index in [0.717, 1.165) is 19.4 Å². The largest absolute Gasteiger partial charge is 0.355 e. The van der Waals surface area contributed by atoms with Crippen molar-refractivity contribution >= 4 is 23.6 Å². The molecule has 1 aromatic rings. The normalized spacial score (nSPS) is 21.2. The molecule has 0 spiro atoms. The van der Waals surface area contributed by atoms with Gasteiger partial charge < -0.3 is 10.2 Å². The molecule has 1 N–H and O–H groups in total. The lowest BCUT2D eigenvalue weighted by molar-refractivity contribution is -0.128. The van der Waals surface area contributed by atoms with Gasteiger partial charge in [-0.2, -0.15) is 0 Å². The van der Waals surface area contributed by atoms with Gasteiger partial charge >= 0.3 is 0 Å². The van der Waals surface area contributed by atoms with Gasteiger partial charge in [0.15, 0.2) is 0 Å². The van der Waals surface area contributed by atoms with Gasteiger partial charge in [-0.1, -0.05) is 12.1 Å². The first-order chi connectivity index (χ1) is 10.6. The first kappa shape index (κ1) is 15.3. The van der Waals surface area contributed by atoms with Crippen LogP contribution in [0.2, 0.25) is 0 Å². The third-order valence-corrected chi connectivity index (χ3v) is 5.06. The van der Waals surface area contributed by atoms with Gasteiger partial charge in [0, 0.05) is 36.4 Å². The van der Waals surface area contributed by atoms with Crippen molar-refractivity contribution in [3.63, 3.8) is 0 Å². The first-order valence-electron chi connectivity index (χ1n) is 7.57. The number of nitrogens with one attached hydrogen (secondary N) is 1. The average Bonchev–Trinajstić information content (AvgIpc) is 3.28. The highest BCUT2D eigenvalue weighted by molar-refractivity contribution is 8.00. The summed E-state index contributed by atoms with van der Waals surface area (Å²) in [7, 11) is 0. The lowest BCUT2D eigenvalue weighted by Crippen LogP contribution is -2.32. The lowest BCUT2D eigenvalue weighted by atomic mass is 10.1. The van der Waals surface area contributed by atoms with E-state index in [-0.39, 0.29) is 29.3 Å². The summed E-state index contributed by atoms with van der Waals surface area (Å²) in [6, 6.07) is 6.87. The smallest absolute Gasteiger partial charge is 0.230 e. The first-order valence-corrected chi connectivity index (χ1v) is 8.55. The maximum absolute atomic E-state index is 13.4. The quantitative estimate of drug-likeness (QED) is 0.816. The maximum atomic E-state index is 13.4. The van der Waals surface area contributed by atoms with E-state index in [2.05, 4.69) is 5.32 Å². The number of thioether (sulfide) groups is 1. The molecule has 2 aliphatic rings. The molecular weight excluding hydrogens is 303 g/mol. The predicted octanol–water partition coefficient (Wildman–Crippen LogP) is 2.04. The Kier molecular flexibility index (Phi) is 4.66. The molecule has 1 saturated heterocycles. The molecule has 0 aromatic heterocycles. The zero-order valence-electron chi connectivity index (χ0n) is 12.3. The fraction of sp³-hybridized carbons (Fsp3) is 0.500. The molecule has 3 rings (SSSR count). The molecule has 1 aromatic carbocycles. The molecular formula is C16H19FN2O2S. The van der Waals surface area contributed by atoms with Gasteiger partial charge in [-0.25, -0.2) is 4.39 Å². The summed E-state index contributed by atoms with van der Waals surface area (Å²) in [5, 5.41) is 2.85. The van der Waals surface area contributed by atoms with Gasteiger partial charge in [0.1, 0.15) is 5.82 Å². The van der Waals surface area contributed by atoms with E-state index in [9.17, 15) is 14.0 Å². The predicted molar refractivity (Wildman–Crippen MR) is 83.0 cm³/mol. The highest BCUT2D eigenvalue weighted by Crippen LogP contribution is 2.32. The van der Waals surface area contributed by atoms with E-state index >= 15 is 0 Å². The number of halogens is 1. The minimum absolute atomic E-state index is 0.120. The Morgan fingerprint density at radius 2 is 2.14 bits per heavy atom. The molecule has 2 fully saturated rings. The monoisotopic (exact) mass is 322 g/mol. The Labute approximate surface area is 133 Å². The van der Waals surface area contributed by atoms with Crippen molar-refractivity contribution in [2.45, 2.75) is 30.2 Å². The lowest BCUT2D eigenvalue weighted by Gasteiger charge is -2.15. The van der Waals surface area contributed by atoms with Crippen LogP contribution in [0, 0.1) is 11.7 Å². The molecule has 1 saturated carbocycles. The van der Waals surface area contributed by atoms with Crippen LogP contribution in [0.25, 0.3) is 0 Å². The SMILES string of the molecule is O=C(CSc1ccccc1F)NC[C@H]1CC(=O)N(C2CC2)C1. The molecule has 0 unspecified atom stereocenters.